The summed E-state index contributed by atoms with van der Waals surface area (Å²) in [5.74, 6) is 3.36. The fourth-order valence-electron chi connectivity index (χ4n) is 4.00. The molecule has 100 valence electrons. The summed E-state index contributed by atoms with van der Waals surface area (Å²) in [6, 6.07) is 0. The van der Waals surface area contributed by atoms with Crippen LogP contribution < -0.4 is 0 Å². The summed E-state index contributed by atoms with van der Waals surface area (Å²) in [5.41, 5.74) is 2.78. The fourth-order valence-corrected chi connectivity index (χ4v) is 4.25. The van der Waals surface area contributed by atoms with Gasteiger partial charge in [0, 0.05) is 11.6 Å². The molecule has 5 heteroatoms. The summed E-state index contributed by atoms with van der Waals surface area (Å²) in [7, 11) is 0. The van der Waals surface area contributed by atoms with E-state index in [2.05, 4.69) is 26.5 Å². The Morgan fingerprint density at radius 1 is 1.16 bits per heavy atom. The summed E-state index contributed by atoms with van der Waals surface area (Å²) >= 11 is 6.20. The Morgan fingerprint density at radius 2 is 2.00 bits per heavy atom. The third kappa shape index (κ3) is 1.55. The van der Waals surface area contributed by atoms with Gasteiger partial charge >= 0.3 is 0 Å². The summed E-state index contributed by atoms with van der Waals surface area (Å²) in [4.78, 5) is 4.33. The van der Waals surface area contributed by atoms with Gasteiger partial charge in [0.15, 0.2) is 10.8 Å². The molecule has 2 heterocycles. The van der Waals surface area contributed by atoms with Gasteiger partial charge in [-0.15, -0.1) is 10.2 Å². The smallest absolute Gasteiger partial charge is 0.198 e. The van der Waals surface area contributed by atoms with E-state index in [4.69, 9.17) is 11.6 Å². The molecule has 2 bridgehead atoms. The van der Waals surface area contributed by atoms with E-state index in [1.54, 1.807) is 0 Å². The second kappa shape index (κ2) is 3.92. The minimum atomic E-state index is 0.463. The Kier molecular flexibility index (Phi) is 2.40. The molecule has 2 aliphatic rings. The molecule has 2 aromatic rings. The number of nitrogens with zero attached hydrogens (tertiary/aromatic N) is 4. The molecule has 2 aliphatic carbocycles. The van der Waals surface area contributed by atoms with Crippen LogP contribution in [0.15, 0.2) is 0 Å². The molecule has 3 atom stereocenters. The number of fused-ring (bicyclic) bond motifs is 3. The van der Waals surface area contributed by atoms with Crippen LogP contribution in [-0.4, -0.2) is 19.6 Å². The quantitative estimate of drug-likeness (QED) is 0.803. The fraction of sp³-hybridized carbons (Fsp3) is 0.643. The molecule has 0 N–H and O–H groups in total. The lowest BCUT2D eigenvalue weighted by molar-refractivity contribution is 0.402. The normalized spacial score (nSPS) is 29.5. The Morgan fingerprint density at radius 3 is 2.68 bits per heavy atom. The van der Waals surface area contributed by atoms with Crippen molar-refractivity contribution in [2.24, 2.45) is 11.8 Å². The number of rotatable bonds is 1. The molecule has 0 aliphatic heterocycles. The predicted molar refractivity (Wildman–Crippen MR) is 73.5 cm³/mol. The molecule has 2 saturated carbocycles. The van der Waals surface area contributed by atoms with Crippen LogP contribution in [-0.2, 0) is 0 Å². The number of halogens is 1. The van der Waals surface area contributed by atoms with Crippen molar-refractivity contribution in [2.75, 3.05) is 0 Å². The predicted octanol–water partition coefficient (Wildman–Crippen LogP) is 3.30. The van der Waals surface area contributed by atoms with E-state index in [1.165, 1.54) is 25.7 Å². The van der Waals surface area contributed by atoms with E-state index >= 15 is 0 Å². The topological polar surface area (TPSA) is 43.1 Å². The minimum absolute atomic E-state index is 0.463. The molecule has 2 fully saturated rings. The van der Waals surface area contributed by atoms with Crippen LogP contribution in [0.5, 0.6) is 0 Å². The number of aromatic nitrogens is 4. The van der Waals surface area contributed by atoms with Gasteiger partial charge in [-0.05, 0) is 44.9 Å². The highest BCUT2D eigenvalue weighted by molar-refractivity contribution is 6.32. The van der Waals surface area contributed by atoms with Gasteiger partial charge in [0.1, 0.15) is 5.82 Å². The first-order valence-electron chi connectivity index (χ1n) is 7.03. The third-order valence-corrected chi connectivity index (χ3v) is 5.32. The van der Waals surface area contributed by atoms with E-state index in [1.807, 2.05) is 6.92 Å². The van der Waals surface area contributed by atoms with E-state index < -0.39 is 0 Å². The van der Waals surface area contributed by atoms with Crippen molar-refractivity contribution in [1.29, 1.82) is 0 Å². The molecule has 2 aromatic heterocycles. The lowest BCUT2D eigenvalue weighted by Gasteiger charge is -2.20. The zero-order valence-corrected chi connectivity index (χ0v) is 12.0. The molecule has 3 unspecified atom stereocenters. The van der Waals surface area contributed by atoms with Gasteiger partial charge in [-0.25, -0.2) is 4.98 Å². The van der Waals surface area contributed by atoms with Gasteiger partial charge in [-0.2, -0.15) is 0 Å². The maximum absolute atomic E-state index is 6.20. The molecule has 0 aromatic carbocycles. The van der Waals surface area contributed by atoms with Crippen LogP contribution in [0.4, 0.5) is 0 Å². The first-order chi connectivity index (χ1) is 9.15. The highest BCUT2D eigenvalue weighted by atomic mass is 35.5. The molecule has 0 spiro atoms. The molecular formula is C14H17ClN4. The van der Waals surface area contributed by atoms with Crippen molar-refractivity contribution in [1.82, 2.24) is 19.6 Å². The van der Waals surface area contributed by atoms with Crippen LogP contribution in [0.1, 0.15) is 48.8 Å². The summed E-state index contributed by atoms with van der Waals surface area (Å²) < 4.78 is 2.13. The van der Waals surface area contributed by atoms with Crippen molar-refractivity contribution in [2.45, 2.75) is 45.4 Å². The second-order valence-electron chi connectivity index (χ2n) is 6.07. The Hall–Kier alpha value is -1.16. The van der Waals surface area contributed by atoms with Crippen LogP contribution in [0.25, 0.3) is 5.65 Å². The Bertz CT molecular complexity index is 663. The minimum Gasteiger partial charge on any atom is -0.279 e. The van der Waals surface area contributed by atoms with Crippen molar-refractivity contribution in [3.63, 3.8) is 0 Å². The average Bonchev–Trinajstić information content (AvgIpc) is 3.09. The van der Waals surface area contributed by atoms with Crippen LogP contribution >= 0.6 is 11.6 Å². The maximum atomic E-state index is 6.20. The van der Waals surface area contributed by atoms with Crippen LogP contribution in [0.3, 0.4) is 0 Å². The van der Waals surface area contributed by atoms with E-state index in [-0.39, 0.29) is 0 Å². The van der Waals surface area contributed by atoms with Gasteiger partial charge in [0.25, 0.3) is 0 Å². The highest BCUT2D eigenvalue weighted by Crippen LogP contribution is 2.52. The first-order valence-corrected chi connectivity index (χ1v) is 7.40. The SMILES string of the molecule is Cc1nc(Cl)c2nnc(C3CC4CCC3C4)n2c1C. The van der Waals surface area contributed by atoms with Crippen LogP contribution in [0.2, 0.25) is 5.15 Å². The average molecular weight is 277 g/mol. The van der Waals surface area contributed by atoms with Gasteiger partial charge in [-0.3, -0.25) is 4.40 Å². The molecule has 4 rings (SSSR count). The summed E-state index contributed by atoms with van der Waals surface area (Å²) in [5, 5.41) is 9.18. The highest BCUT2D eigenvalue weighted by Gasteiger charge is 2.42. The lowest BCUT2D eigenvalue weighted by Crippen LogP contribution is -2.13. The zero-order valence-electron chi connectivity index (χ0n) is 11.2. The summed E-state index contributed by atoms with van der Waals surface area (Å²) in [6.07, 6.45) is 5.39. The first kappa shape index (κ1) is 11.6. The molecule has 0 radical (unpaired) electrons. The Balaban J connectivity index is 1.91. The number of aryl methyl sites for hydroxylation is 2. The maximum Gasteiger partial charge on any atom is 0.198 e. The summed E-state index contributed by atoms with van der Waals surface area (Å²) in [6.45, 7) is 4.07. The number of hydrogen-bond acceptors (Lipinski definition) is 3. The number of hydrogen-bond donors (Lipinski definition) is 0. The van der Waals surface area contributed by atoms with Gasteiger partial charge < -0.3 is 0 Å². The largest absolute Gasteiger partial charge is 0.279 e. The molecular weight excluding hydrogens is 260 g/mol. The molecule has 19 heavy (non-hydrogen) atoms. The van der Waals surface area contributed by atoms with E-state index in [0.717, 1.165) is 29.0 Å². The monoisotopic (exact) mass is 276 g/mol. The van der Waals surface area contributed by atoms with Crippen molar-refractivity contribution in [3.8, 4) is 0 Å². The van der Waals surface area contributed by atoms with E-state index in [9.17, 15) is 0 Å². The van der Waals surface area contributed by atoms with Gasteiger partial charge in [0.05, 0.1) is 5.69 Å². The standard InChI is InChI=1S/C14H17ClN4/c1-7-8(2)19-13(17-18-14(19)12(15)16-7)11-6-9-3-4-10(11)5-9/h9-11H,3-6H2,1-2H3. The van der Waals surface area contributed by atoms with Crippen molar-refractivity contribution < 1.29 is 0 Å². The molecule has 0 saturated heterocycles. The zero-order chi connectivity index (χ0) is 13.1. The van der Waals surface area contributed by atoms with Crippen molar-refractivity contribution in [3.05, 3.63) is 22.4 Å². The van der Waals surface area contributed by atoms with Crippen LogP contribution in [0, 0.1) is 25.7 Å². The second-order valence-corrected chi connectivity index (χ2v) is 6.43. The van der Waals surface area contributed by atoms with Gasteiger partial charge in [-0.1, -0.05) is 18.0 Å². The van der Waals surface area contributed by atoms with E-state index in [0.29, 0.717) is 16.7 Å². The lowest BCUT2D eigenvalue weighted by atomic mass is 9.88. The van der Waals surface area contributed by atoms with Gasteiger partial charge in [0.2, 0.25) is 0 Å². The molecule has 0 amide bonds. The van der Waals surface area contributed by atoms with Crippen molar-refractivity contribution >= 4 is 17.2 Å². The Labute approximate surface area is 117 Å². The molecule has 4 nitrogen and oxygen atoms in total. The third-order valence-electron chi connectivity index (χ3n) is 5.07.